The van der Waals surface area contributed by atoms with Gasteiger partial charge in [0.25, 0.3) is 0 Å². The Morgan fingerprint density at radius 1 is 1.25 bits per heavy atom. The van der Waals surface area contributed by atoms with Crippen molar-refractivity contribution in [3.63, 3.8) is 0 Å². The maximum Gasteiger partial charge on any atom is 0.0954 e. The molecule has 1 N–H and O–H groups in total. The van der Waals surface area contributed by atoms with E-state index in [1.165, 1.54) is 0 Å². The molecule has 1 aromatic carbocycles. The molecule has 0 aliphatic rings. The molecule has 0 saturated heterocycles. The minimum atomic E-state index is 0.00829. The van der Waals surface area contributed by atoms with Gasteiger partial charge in [-0.25, -0.2) is 4.68 Å². The molecule has 20 heavy (non-hydrogen) atoms. The van der Waals surface area contributed by atoms with Gasteiger partial charge in [-0.15, -0.1) is 5.10 Å². The predicted octanol–water partition coefficient (Wildman–Crippen LogP) is 2.56. The predicted molar refractivity (Wildman–Crippen MR) is 75.6 cm³/mol. The van der Waals surface area contributed by atoms with Crippen LogP contribution in [-0.2, 0) is 0 Å². The minimum absolute atomic E-state index is 0.00829. The maximum atomic E-state index is 5.20. The van der Waals surface area contributed by atoms with Gasteiger partial charge in [0.05, 0.1) is 36.1 Å². The lowest BCUT2D eigenvalue weighted by molar-refractivity contribution is 0.546. The van der Waals surface area contributed by atoms with E-state index >= 15 is 0 Å². The van der Waals surface area contributed by atoms with Crippen LogP contribution in [0.4, 0.5) is 0 Å². The molecule has 2 heterocycles. The number of para-hydroxylation sites is 1. The van der Waals surface area contributed by atoms with Crippen molar-refractivity contribution in [1.82, 2.24) is 20.3 Å². The van der Waals surface area contributed by atoms with Crippen LogP contribution in [0.3, 0.4) is 0 Å². The van der Waals surface area contributed by atoms with E-state index < -0.39 is 0 Å². The summed E-state index contributed by atoms with van der Waals surface area (Å²) in [5.74, 6) is 0. The second-order valence-electron chi connectivity index (χ2n) is 4.45. The molecule has 0 amide bonds. The quantitative estimate of drug-likeness (QED) is 0.772. The van der Waals surface area contributed by atoms with Crippen molar-refractivity contribution >= 4 is 0 Å². The fraction of sp³-hybridized carbons (Fsp3) is 0.200. The number of nitrogens with one attached hydrogen (secondary N) is 1. The number of hydrogen-bond acceptors (Lipinski definition) is 4. The summed E-state index contributed by atoms with van der Waals surface area (Å²) in [5, 5.41) is 11.7. The molecular formula is C15H16N4O. The van der Waals surface area contributed by atoms with Gasteiger partial charge in [-0.05, 0) is 24.7 Å². The van der Waals surface area contributed by atoms with Crippen LogP contribution in [-0.4, -0.2) is 21.5 Å². The summed E-state index contributed by atoms with van der Waals surface area (Å²) in [7, 11) is 0. The van der Waals surface area contributed by atoms with Gasteiger partial charge in [0.1, 0.15) is 0 Å². The fourth-order valence-corrected chi connectivity index (χ4v) is 2.25. The van der Waals surface area contributed by atoms with Crippen molar-refractivity contribution in [3.8, 4) is 5.69 Å². The molecule has 0 aliphatic carbocycles. The number of hydrogen-bond donors (Lipinski definition) is 1. The lowest BCUT2D eigenvalue weighted by atomic mass is 10.1. The zero-order valence-electron chi connectivity index (χ0n) is 11.2. The Morgan fingerprint density at radius 2 is 2.10 bits per heavy atom. The molecule has 5 nitrogen and oxygen atoms in total. The summed E-state index contributed by atoms with van der Waals surface area (Å²) in [5.41, 5.74) is 3.04. The van der Waals surface area contributed by atoms with Crippen molar-refractivity contribution < 1.29 is 4.42 Å². The Labute approximate surface area is 117 Å². The van der Waals surface area contributed by atoms with Crippen LogP contribution in [0.5, 0.6) is 0 Å². The lowest BCUT2D eigenvalue weighted by Gasteiger charge is -2.17. The third-order valence-corrected chi connectivity index (χ3v) is 3.16. The largest absolute Gasteiger partial charge is 0.472 e. The molecule has 1 unspecified atom stereocenters. The number of aromatic nitrogens is 3. The molecular weight excluding hydrogens is 252 g/mol. The van der Waals surface area contributed by atoms with Crippen molar-refractivity contribution in [2.75, 3.05) is 6.54 Å². The first-order valence-electron chi connectivity index (χ1n) is 6.61. The van der Waals surface area contributed by atoms with Gasteiger partial charge < -0.3 is 9.73 Å². The standard InChI is InChI=1S/C15H16N4O/c1-2-16-15(12-8-9-20-11-12)14-10-17-18-19(14)13-6-4-3-5-7-13/h3-11,15-16H,2H2,1H3. The number of benzene rings is 1. The molecule has 0 aliphatic heterocycles. The monoisotopic (exact) mass is 268 g/mol. The molecule has 2 aromatic heterocycles. The molecule has 0 bridgehead atoms. The number of furan rings is 1. The molecule has 3 rings (SSSR count). The van der Waals surface area contributed by atoms with Crippen LogP contribution in [0.2, 0.25) is 0 Å². The van der Waals surface area contributed by atoms with Crippen molar-refractivity contribution in [2.45, 2.75) is 13.0 Å². The zero-order chi connectivity index (χ0) is 13.8. The fourth-order valence-electron chi connectivity index (χ4n) is 2.25. The average molecular weight is 268 g/mol. The first kappa shape index (κ1) is 12.6. The summed E-state index contributed by atoms with van der Waals surface area (Å²) in [6.45, 7) is 2.92. The van der Waals surface area contributed by atoms with E-state index in [0.717, 1.165) is 23.5 Å². The minimum Gasteiger partial charge on any atom is -0.472 e. The topological polar surface area (TPSA) is 55.9 Å². The van der Waals surface area contributed by atoms with E-state index in [4.69, 9.17) is 4.42 Å². The van der Waals surface area contributed by atoms with E-state index in [1.54, 1.807) is 18.7 Å². The van der Waals surface area contributed by atoms with Gasteiger partial charge in [-0.2, -0.15) is 0 Å². The van der Waals surface area contributed by atoms with Crippen molar-refractivity contribution in [1.29, 1.82) is 0 Å². The molecule has 0 spiro atoms. The molecule has 5 heteroatoms. The Hall–Kier alpha value is -2.40. The van der Waals surface area contributed by atoms with Gasteiger partial charge in [-0.3, -0.25) is 0 Å². The molecule has 1 atom stereocenters. The zero-order valence-corrected chi connectivity index (χ0v) is 11.2. The van der Waals surface area contributed by atoms with Crippen LogP contribution in [0.1, 0.15) is 24.2 Å². The van der Waals surface area contributed by atoms with E-state index in [1.807, 2.05) is 41.1 Å². The Morgan fingerprint density at radius 3 is 2.80 bits per heavy atom. The van der Waals surface area contributed by atoms with E-state index in [0.29, 0.717) is 0 Å². The van der Waals surface area contributed by atoms with Crippen molar-refractivity contribution in [2.24, 2.45) is 0 Å². The van der Waals surface area contributed by atoms with E-state index in [-0.39, 0.29) is 6.04 Å². The van der Waals surface area contributed by atoms with Crippen LogP contribution >= 0.6 is 0 Å². The second-order valence-corrected chi connectivity index (χ2v) is 4.45. The third kappa shape index (κ3) is 2.35. The summed E-state index contributed by atoms with van der Waals surface area (Å²) in [6.07, 6.45) is 5.21. The summed E-state index contributed by atoms with van der Waals surface area (Å²) in [6, 6.07) is 11.9. The van der Waals surface area contributed by atoms with Crippen LogP contribution in [0, 0.1) is 0 Å². The normalized spacial score (nSPS) is 12.4. The molecule has 0 saturated carbocycles. The van der Waals surface area contributed by atoms with Gasteiger partial charge in [0.15, 0.2) is 0 Å². The summed E-state index contributed by atoms with van der Waals surface area (Å²) >= 11 is 0. The Bertz CT molecular complexity index is 646. The molecule has 0 radical (unpaired) electrons. The van der Waals surface area contributed by atoms with E-state index in [9.17, 15) is 0 Å². The highest BCUT2D eigenvalue weighted by atomic mass is 16.3. The highest BCUT2D eigenvalue weighted by Gasteiger charge is 2.20. The molecule has 102 valence electrons. The third-order valence-electron chi connectivity index (χ3n) is 3.16. The van der Waals surface area contributed by atoms with Crippen LogP contribution in [0.25, 0.3) is 5.69 Å². The maximum absolute atomic E-state index is 5.20. The second kappa shape index (κ2) is 5.71. The summed E-state index contributed by atoms with van der Waals surface area (Å²) < 4.78 is 7.04. The van der Waals surface area contributed by atoms with E-state index in [2.05, 4.69) is 22.6 Å². The SMILES string of the molecule is CCNC(c1ccoc1)c1cnnn1-c1ccccc1. The lowest BCUT2D eigenvalue weighted by Crippen LogP contribution is -2.24. The Kier molecular flexibility index (Phi) is 3.60. The van der Waals surface area contributed by atoms with Crippen molar-refractivity contribution in [3.05, 3.63) is 66.4 Å². The molecule has 3 aromatic rings. The van der Waals surface area contributed by atoms with Gasteiger partial charge in [-0.1, -0.05) is 30.3 Å². The highest BCUT2D eigenvalue weighted by Crippen LogP contribution is 2.23. The van der Waals surface area contributed by atoms with Crippen LogP contribution < -0.4 is 5.32 Å². The van der Waals surface area contributed by atoms with Crippen LogP contribution in [0.15, 0.2) is 59.5 Å². The first-order chi connectivity index (χ1) is 9.90. The molecule has 0 fully saturated rings. The summed E-state index contributed by atoms with van der Waals surface area (Å²) in [4.78, 5) is 0. The van der Waals surface area contributed by atoms with Gasteiger partial charge in [0, 0.05) is 5.56 Å². The van der Waals surface area contributed by atoms with Gasteiger partial charge in [0.2, 0.25) is 0 Å². The van der Waals surface area contributed by atoms with Gasteiger partial charge >= 0.3 is 0 Å². The first-order valence-corrected chi connectivity index (χ1v) is 6.61. The number of nitrogens with zero attached hydrogens (tertiary/aromatic N) is 3. The Balaban J connectivity index is 2.03. The average Bonchev–Trinajstić information content (AvgIpc) is 3.17. The highest BCUT2D eigenvalue weighted by molar-refractivity contribution is 5.34. The smallest absolute Gasteiger partial charge is 0.0954 e. The number of rotatable bonds is 5.